The number of benzene rings is 2. The van der Waals surface area contributed by atoms with Crippen LogP contribution in [0.1, 0.15) is 15.9 Å². The summed E-state index contributed by atoms with van der Waals surface area (Å²) in [5.41, 5.74) is 4.72. The number of ketones is 1. The van der Waals surface area contributed by atoms with Gasteiger partial charge < -0.3 is 5.32 Å². The van der Waals surface area contributed by atoms with E-state index in [2.05, 4.69) is 5.32 Å². The number of fused-ring (bicyclic) bond motifs is 3. The van der Waals surface area contributed by atoms with Crippen molar-refractivity contribution < 1.29 is 4.79 Å². The lowest BCUT2D eigenvalue weighted by atomic mass is 10.1. The average Bonchev–Trinajstić information content (AvgIpc) is 2.64. The first kappa shape index (κ1) is 9.16. The minimum atomic E-state index is 0.133. The fourth-order valence-corrected chi connectivity index (χ4v) is 2.18. The van der Waals surface area contributed by atoms with Crippen LogP contribution in [0.4, 0.5) is 5.69 Å². The molecule has 0 spiro atoms. The van der Waals surface area contributed by atoms with Crippen LogP contribution in [0.5, 0.6) is 0 Å². The summed E-state index contributed by atoms with van der Waals surface area (Å²) in [7, 11) is 1.88. The Morgan fingerprint density at radius 3 is 2.31 bits per heavy atom. The van der Waals surface area contributed by atoms with Crippen molar-refractivity contribution in [1.29, 1.82) is 0 Å². The molecule has 0 aliphatic heterocycles. The Balaban J connectivity index is 2.31. The van der Waals surface area contributed by atoms with Gasteiger partial charge in [-0.05, 0) is 29.3 Å². The molecule has 0 bridgehead atoms. The summed E-state index contributed by atoms with van der Waals surface area (Å²) in [6.07, 6.45) is 0. The zero-order chi connectivity index (χ0) is 11.1. The lowest BCUT2D eigenvalue weighted by Crippen LogP contribution is -1.95. The maximum Gasteiger partial charge on any atom is 0.194 e. The SMILES string of the molecule is CNc1ccc2c(c1)-c1ccccc1C2=O. The molecular weight excluding hydrogens is 198 g/mol. The van der Waals surface area contributed by atoms with E-state index in [0.717, 1.165) is 27.9 Å². The topological polar surface area (TPSA) is 29.1 Å². The number of nitrogens with one attached hydrogen (secondary N) is 1. The first-order chi connectivity index (χ1) is 7.81. The summed E-state index contributed by atoms with van der Waals surface area (Å²) < 4.78 is 0. The molecule has 0 heterocycles. The van der Waals surface area contributed by atoms with Gasteiger partial charge in [0.05, 0.1) is 0 Å². The van der Waals surface area contributed by atoms with Crippen molar-refractivity contribution >= 4 is 11.5 Å². The predicted octanol–water partition coefficient (Wildman–Crippen LogP) is 2.94. The van der Waals surface area contributed by atoms with Gasteiger partial charge >= 0.3 is 0 Å². The Morgan fingerprint density at radius 2 is 1.56 bits per heavy atom. The molecule has 2 nitrogen and oxygen atoms in total. The van der Waals surface area contributed by atoms with Crippen LogP contribution in [-0.4, -0.2) is 12.8 Å². The minimum Gasteiger partial charge on any atom is -0.388 e. The fourth-order valence-electron chi connectivity index (χ4n) is 2.18. The molecule has 0 unspecified atom stereocenters. The summed E-state index contributed by atoms with van der Waals surface area (Å²) in [5.74, 6) is 0.133. The molecule has 2 heteroatoms. The molecular formula is C14H11NO. The lowest BCUT2D eigenvalue weighted by molar-refractivity contribution is 0.104. The molecule has 2 aromatic rings. The monoisotopic (exact) mass is 209 g/mol. The van der Waals surface area contributed by atoms with E-state index in [4.69, 9.17) is 0 Å². The average molecular weight is 209 g/mol. The van der Waals surface area contributed by atoms with Crippen LogP contribution in [0, 0.1) is 0 Å². The highest BCUT2D eigenvalue weighted by molar-refractivity contribution is 6.21. The van der Waals surface area contributed by atoms with Crippen molar-refractivity contribution in [3.05, 3.63) is 53.6 Å². The third kappa shape index (κ3) is 1.10. The molecule has 1 N–H and O–H groups in total. The maximum atomic E-state index is 12.1. The molecule has 0 aromatic heterocycles. The van der Waals surface area contributed by atoms with Gasteiger partial charge in [0.2, 0.25) is 0 Å². The highest BCUT2D eigenvalue weighted by Gasteiger charge is 2.25. The minimum absolute atomic E-state index is 0.133. The number of hydrogen-bond donors (Lipinski definition) is 1. The van der Waals surface area contributed by atoms with Crippen LogP contribution in [-0.2, 0) is 0 Å². The van der Waals surface area contributed by atoms with Crippen LogP contribution in [0.3, 0.4) is 0 Å². The molecule has 0 saturated heterocycles. The maximum absolute atomic E-state index is 12.1. The van der Waals surface area contributed by atoms with E-state index in [0.29, 0.717) is 0 Å². The number of rotatable bonds is 1. The van der Waals surface area contributed by atoms with E-state index in [1.165, 1.54) is 0 Å². The van der Waals surface area contributed by atoms with E-state index in [1.807, 2.05) is 49.5 Å². The van der Waals surface area contributed by atoms with Crippen LogP contribution < -0.4 is 5.32 Å². The Bertz CT molecular complexity index is 587. The van der Waals surface area contributed by atoms with E-state index >= 15 is 0 Å². The van der Waals surface area contributed by atoms with Crippen molar-refractivity contribution in [3.8, 4) is 11.1 Å². The molecule has 0 fully saturated rings. The molecule has 3 rings (SSSR count). The summed E-state index contributed by atoms with van der Waals surface area (Å²) in [4.78, 5) is 12.1. The molecule has 0 amide bonds. The highest BCUT2D eigenvalue weighted by Crippen LogP contribution is 2.37. The van der Waals surface area contributed by atoms with Gasteiger partial charge in [0.15, 0.2) is 5.78 Å². The smallest absolute Gasteiger partial charge is 0.194 e. The van der Waals surface area contributed by atoms with Crippen molar-refractivity contribution in [2.24, 2.45) is 0 Å². The molecule has 78 valence electrons. The summed E-state index contributed by atoms with van der Waals surface area (Å²) in [6, 6.07) is 13.6. The van der Waals surface area contributed by atoms with Gasteiger partial charge in [0.25, 0.3) is 0 Å². The molecule has 2 aromatic carbocycles. The van der Waals surface area contributed by atoms with Gasteiger partial charge in [0, 0.05) is 23.9 Å². The second kappa shape index (κ2) is 3.20. The van der Waals surface area contributed by atoms with Crippen molar-refractivity contribution in [2.75, 3.05) is 12.4 Å². The molecule has 16 heavy (non-hydrogen) atoms. The van der Waals surface area contributed by atoms with Crippen LogP contribution in [0.25, 0.3) is 11.1 Å². The molecule has 1 aliphatic rings. The number of carbonyl (C=O) groups excluding carboxylic acids is 1. The molecule has 0 atom stereocenters. The van der Waals surface area contributed by atoms with Crippen molar-refractivity contribution in [2.45, 2.75) is 0 Å². The molecule has 1 aliphatic carbocycles. The van der Waals surface area contributed by atoms with Gasteiger partial charge in [-0.15, -0.1) is 0 Å². The summed E-state index contributed by atoms with van der Waals surface area (Å²) in [6.45, 7) is 0. The van der Waals surface area contributed by atoms with Gasteiger partial charge in [0.1, 0.15) is 0 Å². The Labute approximate surface area is 93.9 Å². The van der Waals surface area contributed by atoms with Crippen LogP contribution in [0.15, 0.2) is 42.5 Å². The van der Waals surface area contributed by atoms with Crippen LogP contribution >= 0.6 is 0 Å². The Morgan fingerprint density at radius 1 is 0.875 bits per heavy atom. The second-order valence-electron chi connectivity index (χ2n) is 3.89. The van der Waals surface area contributed by atoms with E-state index < -0.39 is 0 Å². The zero-order valence-electron chi connectivity index (χ0n) is 8.95. The number of anilines is 1. The largest absolute Gasteiger partial charge is 0.388 e. The number of carbonyl (C=O) groups is 1. The Kier molecular flexibility index (Phi) is 1.83. The standard InChI is InChI=1S/C14H11NO/c1-15-9-6-7-12-13(8-9)10-4-2-3-5-11(10)14(12)16/h2-8,15H,1H3. The van der Waals surface area contributed by atoms with Gasteiger partial charge in [-0.3, -0.25) is 4.79 Å². The lowest BCUT2D eigenvalue weighted by Gasteiger charge is -2.03. The van der Waals surface area contributed by atoms with E-state index in [9.17, 15) is 4.79 Å². The third-order valence-electron chi connectivity index (χ3n) is 3.01. The normalized spacial score (nSPS) is 12.2. The first-order valence-electron chi connectivity index (χ1n) is 5.27. The molecule has 0 saturated carbocycles. The van der Waals surface area contributed by atoms with E-state index in [-0.39, 0.29) is 5.78 Å². The molecule has 0 radical (unpaired) electrons. The summed E-state index contributed by atoms with van der Waals surface area (Å²) >= 11 is 0. The number of hydrogen-bond acceptors (Lipinski definition) is 2. The Hall–Kier alpha value is -2.09. The first-order valence-corrected chi connectivity index (χ1v) is 5.27. The quantitative estimate of drug-likeness (QED) is 0.667. The third-order valence-corrected chi connectivity index (χ3v) is 3.01. The fraction of sp³-hybridized carbons (Fsp3) is 0.0714. The van der Waals surface area contributed by atoms with Crippen molar-refractivity contribution in [1.82, 2.24) is 0 Å². The van der Waals surface area contributed by atoms with Gasteiger partial charge in [-0.25, -0.2) is 0 Å². The second-order valence-corrected chi connectivity index (χ2v) is 3.89. The van der Waals surface area contributed by atoms with Gasteiger partial charge in [-0.2, -0.15) is 0 Å². The van der Waals surface area contributed by atoms with E-state index in [1.54, 1.807) is 0 Å². The summed E-state index contributed by atoms with van der Waals surface area (Å²) in [5, 5.41) is 3.09. The van der Waals surface area contributed by atoms with Crippen LogP contribution in [0.2, 0.25) is 0 Å². The van der Waals surface area contributed by atoms with Gasteiger partial charge in [-0.1, -0.05) is 24.3 Å². The highest BCUT2D eigenvalue weighted by atomic mass is 16.1. The predicted molar refractivity (Wildman–Crippen MR) is 64.9 cm³/mol. The van der Waals surface area contributed by atoms with Crippen molar-refractivity contribution in [3.63, 3.8) is 0 Å². The zero-order valence-corrected chi connectivity index (χ0v) is 8.95.